The van der Waals surface area contributed by atoms with E-state index in [0.717, 1.165) is 64.2 Å². The summed E-state index contributed by atoms with van der Waals surface area (Å²) in [4.78, 5) is 19.4. The van der Waals surface area contributed by atoms with Gasteiger partial charge < -0.3 is 15.3 Å². The predicted octanol–water partition coefficient (Wildman–Crippen LogP) is 1.53. The van der Waals surface area contributed by atoms with Crippen molar-refractivity contribution in [2.75, 3.05) is 52.4 Å². The number of rotatable bonds is 5. The zero-order valence-corrected chi connectivity index (χ0v) is 15.8. The van der Waals surface area contributed by atoms with Crippen LogP contribution in [0.3, 0.4) is 0 Å². The van der Waals surface area contributed by atoms with E-state index in [1.54, 1.807) is 0 Å². The molecule has 2 heterocycles. The molecule has 6 heteroatoms. The zero-order valence-electron chi connectivity index (χ0n) is 15.8. The van der Waals surface area contributed by atoms with E-state index in [2.05, 4.69) is 15.1 Å². The summed E-state index contributed by atoms with van der Waals surface area (Å²) in [6.45, 7) is 8.94. The second kappa shape index (κ2) is 9.35. The van der Waals surface area contributed by atoms with Crippen LogP contribution in [0.25, 0.3) is 0 Å². The Labute approximate surface area is 156 Å². The summed E-state index contributed by atoms with van der Waals surface area (Å²) in [7, 11) is 0. The molecule has 2 N–H and O–H groups in total. The number of piperazine rings is 1. The van der Waals surface area contributed by atoms with Gasteiger partial charge in [-0.3, -0.25) is 9.80 Å². The molecule has 2 saturated heterocycles. The Hall–Kier alpha value is -1.63. The number of likely N-dealkylation sites (tertiary alicyclic amines) is 1. The predicted molar refractivity (Wildman–Crippen MR) is 103 cm³/mol. The molecule has 1 aromatic rings. The number of urea groups is 1. The molecule has 1 atom stereocenters. The lowest BCUT2D eigenvalue weighted by molar-refractivity contribution is 0.0585. The van der Waals surface area contributed by atoms with Crippen molar-refractivity contribution in [2.45, 2.75) is 31.8 Å². The Morgan fingerprint density at radius 1 is 1.12 bits per heavy atom. The molecule has 2 aliphatic heterocycles. The lowest BCUT2D eigenvalue weighted by Gasteiger charge is -2.42. The first-order valence-corrected chi connectivity index (χ1v) is 9.85. The molecule has 0 aliphatic carbocycles. The summed E-state index contributed by atoms with van der Waals surface area (Å²) >= 11 is 0. The third-order valence-corrected chi connectivity index (χ3v) is 5.73. The number of carbonyl (C=O) groups is 1. The molecule has 2 aliphatic rings. The largest absolute Gasteiger partial charge is 0.395 e. The van der Waals surface area contributed by atoms with Gasteiger partial charge in [-0.15, -0.1) is 0 Å². The highest BCUT2D eigenvalue weighted by atomic mass is 16.3. The van der Waals surface area contributed by atoms with E-state index in [0.29, 0.717) is 6.04 Å². The molecule has 0 bridgehead atoms. The minimum Gasteiger partial charge on any atom is -0.395 e. The molecular formula is C20H32N4O2. The summed E-state index contributed by atoms with van der Waals surface area (Å²) in [6.07, 6.45) is 2.10. The molecule has 2 amide bonds. The first kappa shape index (κ1) is 19.1. The molecule has 26 heavy (non-hydrogen) atoms. The number of carbonyl (C=O) groups excluding carboxylic acids is 1. The van der Waals surface area contributed by atoms with Gasteiger partial charge in [0.15, 0.2) is 0 Å². The van der Waals surface area contributed by atoms with Crippen LogP contribution in [0, 0.1) is 0 Å². The van der Waals surface area contributed by atoms with Crippen LogP contribution in [0.1, 0.15) is 31.4 Å². The number of amides is 2. The maximum atomic E-state index is 12.6. The SMILES string of the molecule is C[C@H](NC(=O)N1CCC(N2CCN(CCO)CC2)CC1)c1ccccc1. The van der Waals surface area contributed by atoms with Gasteiger partial charge in [-0.1, -0.05) is 30.3 Å². The second-order valence-electron chi connectivity index (χ2n) is 7.40. The zero-order chi connectivity index (χ0) is 18.4. The van der Waals surface area contributed by atoms with Crippen LogP contribution in [0.4, 0.5) is 4.79 Å². The van der Waals surface area contributed by atoms with Crippen LogP contribution in [0.15, 0.2) is 30.3 Å². The van der Waals surface area contributed by atoms with Gasteiger partial charge in [0, 0.05) is 51.9 Å². The van der Waals surface area contributed by atoms with E-state index in [-0.39, 0.29) is 18.7 Å². The summed E-state index contributed by atoms with van der Waals surface area (Å²) in [5.41, 5.74) is 1.14. The van der Waals surface area contributed by atoms with Gasteiger partial charge in [-0.05, 0) is 25.3 Å². The van der Waals surface area contributed by atoms with E-state index in [1.165, 1.54) is 0 Å². The Bertz CT molecular complexity index is 552. The van der Waals surface area contributed by atoms with Crippen LogP contribution < -0.4 is 5.32 Å². The molecule has 0 spiro atoms. The fourth-order valence-electron chi connectivity index (χ4n) is 4.03. The number of aliphatic hydroxyl groups excluding tert-OH is 1. The quantitative estimate of drug-likeness (QED) is 0.836. The smallest absolute Gasteiger partial charge is 0.317 e. The number of hydrogen-bond acceptors (Lipinski definition) is 4. The number of nitrogens with zero attached hydrogens (tertiary/aromatic N) is 3. The van der Waals surface area contributed by atoms with Gasteiger partial charge in [-0.25, -0.2) is 4.79 Å². The lowest BCUT2D eigenvalue weighted by Crippen LogP contribution is -2.55. The van der Waals surface area contributed by atoms with Crippen LogP contribution in [-0.2, 0) is 0 Å². The van der Waals surface area contributed by atoms with E-state index in [1.807, 2.05) is 42.2 Å². The number of aliphatic hydroxyl groups is 1. The van der Waals surface area contributed by atoms with Crippen LogP contribution >= 0.6 is 0 Å². The number of nitrogens with one attached hydrogen (secondary N) is 1. The van der Waals surface area contributed by atoms with E-state index < -0.39 is 0 Å². The Morgan fingerprint density at radius 2 is 1.77 bits per heavy atom. The molecule has 0 saturated carbocycles. The second-order valence-corrected chi connectivity index (χ2v) is 7.40. The van der Waals surface area contributed by atoms with Crippen molar-refractivity contribution >= 4 is 6.03 Å². The van der Waals surface area contributed by atoms with Crippen molar-refractivity contribution in [2.24, 2.45) is 0 Å². The molecule has 6 nitrogen and oxygen atoms in total. The average molecular weight is 361 g/mol. The highest BCUT2D eigenvalue weighted by Gasteiger charge is 2.29. The molecule has 0 aromatic heterocycles. The topological polar surface area (TPSA) is 59.1 Å². The van der Waals surface area contributed by atoms with Gasteiger partial charge in [0.2, 0.25) is 0 Å². The van der Waals surface area contributed by atoms with Crippen LogP contribution in [-0.4, -0.2) is 84.3 Å². The summed E-state index contributed by atoms with van der Waals surface area (Å²) in [6, 6.07) is 10.8. The standard InChI is InChI=1S/C20H32N4O2/c1-17(18-5-3-2-4-6-18)21-20(26)24-9-7-19(8-10-24)23-13-11-22(12-14-23)15-16-25/h2-6,17,19,25H,7-16H2,1H3,(H,21,26)/t17-/m0/s1. The van der Waals surface area contributed by atoms with Crippen molar-refractivity contribution in [3.05, 3.63) is 35.9 Å². The fraction of sp³-hybridized carbons (Fsp3) is 0.650. The van der Waals surface area contributed by atoms with Crippen LogP contribution in [0.5, 0.6) is 0 Å². The van der Waals surface area contributed by atoms with Crippen molar-refractivity contribution in [1.29, 1.82) is 0 Å². The number of hydrogen-bond donors (Lipinski definition) is 2. The minimum absolute atomic E-state index is 0.0287. The third-order valence-electron chi connectivity index (χ3n) is 5.73. The van der Waals surface area contributed by atoms with Crippen molar-refractivity contribution in [1.82, 2.24) is 20.0 Å². The maximum Gasteiger partial charge on any atom is 0.317 e. The highest BCUT2D eigenvalue weighted by molar-refractivity contribution is 5.74. The molecule has 3 rings (SSSR count). The van der Waals surface area contributed by atoms with E-state index >= 15 is 0 Å². The highest BCUT2D eigenvalue weighted by Crippen LogP contribution is 2.19. The van der Waals surface area contributed by atoms with Crippen molar-refractivity contribution in [3.8, 4) is 0 Å². The number of benzene rings is 1. The minimum atomic E-state index is 0.0287. The summed E-state index contributed by atoms with van der Waals surface area (Å²) < 4.78 is 0. The molecule has 1 aromatic carbocycles. The monoisotopic (exact) mass is 360 g/mol. The van der Waals surface area contributed by atoms with Gasteiger partial charge in [0.25, 0.3) is 0 Å². The first-order valence-electron chi connectivity index (χ1n) is 9.85. The maximum absolute atomic E-state index is 12.6. The normalized spacial score (nSPS) is 21.5. The molecule has 144 valence electrons. The Morgan fingerprint density at radius 3 is 2.38 bits per heavy atom. The van der Waals surface area contributed by atoms with Gasteiger partial charge in [-0.2, -0.15) is 0 Å². The summed E-state index contributed by atoms with van der Waals surface area (Å²) in [5.74, 6) is 0. The molecule has 2 fully saturated rings. The number of piperidine rings is 1. The third kappa shape index (κ3) is 4.96. The van der Waals surface area contributed by atoms with Gasteiger partial charge in [0.1, 0.15) is 0 Å². The molecule has 0 unspecified atom stereocenters. The number of β-amino-alcohol motifs (C(OH)–C–C–N with tert-alkyl or cyclic N) is 1. The lowest BCUT2D eigenvalue weighted by atomic mass is 10.0. The van der Waals surface area contributed by atoms with Gasteiger partial charge in [0.05, 0.1) is 12.6 Å². The van der Waals surface area contributed by atoms with Gasteiger partial charge >= 0.3 is 6.03 Å². The van der Waals surface area contributed by atoms with Crippen molar-refractivity contribution in [3.63, 3.8) is 0 Å². The molecular weight excluding hydrogens is 328 g/mol. The summed E-state index contributed by atoms with van der Waals surface area (Å²) in [5, 5.41) is 12.2. The van der Waals surface area contributed by atoms with E-state index in [9.17, 15) is 4.79 Å². The Kier molecular flexibility index (Phi) is 6.88. The first-order chi connectivity index (χ1) is 12.7. The van der Waals surface area contributed by atoms with Crippen LogP contribution in [0.2, 0.25) is 0 Å². The van der Waals surface area contributed by atoms with E-state index in [4.69, 9.17) is 5.11 Å². The van der Waals surface area contributed by atoms with Crippen molar-refractivity contribution < 1.29 is 9.90 Å². The fourth-order valence-corrected chi connectivity index (χ4v) is 4.03. The average Bonchev–Trinajstić information content (AvgIpc) is 2.69. The molecule has 0 radical (unpaired) electrons. The Balaban J connectivity index is 1.41.